The molecule has 8 nitrogen and oxygen atoms in total. The van der Waals surface area contributed by atoms with Gasteiger partial charge in [0.25, 0.3) is 11.5 Å². The van der Waals surface area contributed by atoms with Crippen molar-refractivity contribution >= 4 is 34.0 Å². The number of rotatable bonds is 13. The average molecular weight is 583 g/mol. The lowest BCUT2D eigenvalue weighted by Crippen LogP contribution is -2.37. The Balaban J connectivity index is 1.72. The highest BCUT2D eigenvalue weighted by Crippen LogP contribution is 2.24. The number of hydrogen-bond acceptors (Lipinski definition) is 6. The van der Waals surface area contributed by atoms with Gasteiger partial charge in [0.15, 0.2) is 0 Å². The lowest BCUT2D eigenvalue weighted by Gasteiger charge is -2.22. The zero-order valence-electron chi connectivity index (χ0n) is 24.8. The first kappa shape index (κ1) is 31.4. The minimum atomic E-state index is -0.527. The molecular weight excluding hydrogens is 544 g/mol. The number of ether oxygens (including phenoxy) is 1. The molecule has 0 aliphatic carbocycles. The zero-order valence-corrected chi connectivity index (χ0v) is 26.0. The second-order valence-corrected chi connectivity index (χ2v) is 11.2. The minimum Gasteiger partial charge on any atom is -0.495 e. The van der Waals surface area contributed by atoms with Crippen molar-refractivity contribution < 1.29 is 9.53 Å². The monoisotopic (exact) mass is 583 g/mol. The molecule has 3 heterocycles. The van der Waals surface area contributed by atoms with Gasteiger partial charge in [-0.3, -0.25) is 19.1 Å². The van der Waals surface area contributed by atoms with Crippen LogP contribution < -0.4 is 15.6 Å². The van der Waals surface area contributed by atoms with Gasteiger partial charge in [0.05, 0.1) is 23.7 Å². The Hall–Kier alpha value is -3.55. The summed E-state index contributed by atoms with van der Waals surface area (Å²) in [5.74, 6) is -0.392. The first-order valence-corrected chi connectivity index (χ1v) is 15.1. The van der Waals surface area contributed by atoms with Crippen LogP contribution in [-0.4, -0.2) is 58.6 Å². The fraction of sp³-hybridized carbons (Fsp3) is 0.375. The predicted molar refractivity (Wildman–Crippen MR) is 173 cm³/mol. The predicted octanol–water partition coefficient (Wildman–Crippen LogP) is 5.09. The summed E-state index contributed by atoms with van der Waals surface area (Å²) >= 11 is 0. The van der Waals surface area contributed by atoms with Crippen LogP contribution in [0.5, 0.6) is 5.75 Å². The van der Waals surface area contributed by atoms with E-state index in [1.807, 2.05) is 50.2 Å². The Morgan fingerprint density at radius 2 is 1.76 bits per heavy atom. The van der Waals surface area contributed by atoms with E-state index in [1.165, 1.54) is 0 Å². The van der Waals surface area contributed by atoms with Crippen molar-refractivity contribution in [3.8, 4) is 17.0 Å². The molecule has 0 aliphatic heterocycles. The van der Waals surface area contributed by atoms with Crippen LogP contribution in [0.15, 0.2) is 65.7 Å². The van der Waals surface area contributed by atoms with E-state index in [0.29, 0.717) is 35.6 Å². The standard InChI is InChI=1S/C32H39BN5O3P/c1-5-13-37(14-6-2)15-16-38-29-24(17-25(19-35-29)28-12-11-26(20-34-28)41-32(33)42)18-27(31(38)40)30(39)36-22(4)23-9-7-21(3)8-10-23/h7-12,17-20,22,32H,5-6,13-16,42H2,1-4H3,(H,36,39). The van der Waals surface area contributed by atoms with Crippen molar-refractivity contribution in [2.24, 2.45) is 0 Å². The minimum absolute atomic E-state index is 0.0871. The summed E-state index contributed by atoms with van der Waals surface area (Å²) in [5, 5.41) is 3.70. The van der Waals surface area contributed by atoms with Crippen LogP contribution in [0.25, 0.3) is 22.3 Å². The second kappa shape index (κ2) is 14.6. The maximum absolute atomic E-state index is 13.8. The van der Waals surface area contributed by atoms with Gasteiger partial charge in [-0.2, -0.15) is 0 Å². The van der Waals surface area contributed by atoms with Gasteiger partial charge in [0.1, 0.15) is 24.8 Å². The van der Waals surface area contributed by atoms with Crippen LogP contribution in [0.3, 0.4) is 0 Å². The maximum Gasteiger partial charge on any atom is 0.265 e. The Morgan fingerprint density at radius 3 is 2.38 bits per heavy atom. The van der Waals surface area contributed by atoms with Crippen LogP contribution in [0.2, 0.25) is 0 Å². The molecule has 0 saturated heterocycles. The first-order valence-electron chi connectivity index (χ1n) is 14.5. The van der Waals surface area contributed by atoms with Crippen molar-refractivity contribution in [1.82, 2.24) is 24.8 Å². The molecule has 1 amide bonds. The average Bonchev–Trinajstić information content (AvgIpc) is 2.96. The van der Waals surface area contributed by atoms with Crippen LogP contribution >= 0.6 is 9.24 Å². The Morgan fingerprint density at radius 1 is 1.05 bits per heavy atom. The van der Waals surface area contributed by atoms with E-state index in [-0.39, 0.29) is 17.2 Å². The third-order valence-electron chi connectivity index (χ3n) is 7.12. The summed E-state index contributed by atoms with van der Waals surface area (Å²) in [6, 6.07) is 14.9. The van der Waals surface area contributed by atoms with Crippen molar-refractivity contribution in [2.75, 3.05) is 19.6 Å². The van der Waals surface area contributed by atoms with Gasteiger partial charge in [0.2, 0.25) is 0 Å². The molecule has 4 aromatic rings. The van der Waals surface area contributed by atoms with Gasteiger partial charge in [-0.15, -0.1) is 9.24 Å². The SMILES string of the molecule is [B]C(P)Oc1ccc(-c2cnc3c(c2)cc(C(=O)NC(C)c2ccc(C)cc2)c(=O)n3CCN(CCC)CCC)nc1. The molecule has 42 heavy (non-hydrogen) atoms. The molecule has 1 aromatic carbocycles. The van der Waals surface area contributed by atoms with Gasteiger partial charge >= 0.3 is 0 Å². The van der Waals surface area contributed by atoms with E-state index in [2.05, 4.69) is 38.3 Å². The largest absolute Gasteiger partial charge is 0.495 e. The molecule has 0 fully saturated rings. The van der Waals surface area contributed by atoms with Gasteiger partial charge in [0, 0.05) is 30.2 Å². The van der Waals surface area contributed by atoms with Crippen molar-refractivity contribution in [3.05, 3.63) is 88.0 Å². The Kier molecular flexibility index (Phi) is 10.9. The number of carbonyl (C=O) groups is 1. The smallest absolute Gasteiger partial charge is 0.265 e. The number of hydrogen-bond donors (Lipinski definition) is 1. The summed E-state index contributed by atoms with van der Waals surface area (Å²) < 4.78 is 7.11. The zero-order chi connectivity index (χ0) is 30.2. The fourth-order valence-corrected chi connectivity index (χ4v) is 5.13. The number of aryl methyl sites for hydroxylation is 1. The van der Waals surface area contributed by atoms with Crippen molar-refractivity contribution in [1.29, 1.82) is 0 Å². The number of benzene rings is 1. The van der Waals surface area contributed by atoms with E-state index in [4.69, 9.17) is 17.6 Å². The molecule has 4 rings (SSSR count). The number of nitrogens with one attached hydrogen (secondary N) is 1. The van der Waals surface area contributed by atoms with Crippen LogP contribution in [0.1, 0.15) is 61.1 Å². The van der Waals surface area contributed by atoms with Gasteiger partial charge in [-0.05, 0) is 69.6 Å². The van der Waals surface area contributed by atoms with E-state index in [9.17, 15) is 9.59 Å². The highest BCUT2D eigenvalue weighted by molar-refractivity contribution is 7.20. The molecule has 0 saturated carbocycles. The molecule has 1 N–H and O–H groups in total. The first-order chi connectivity index (χ1) is 20.2. The Bertz CT molecular complexity index is 1550. The molecule has 3 aromatic heterocycles. The molecule has 10 heteroatoms. The number of pyridine rings is 3. The number of nitrogens with zero attached hydrogens (tertiary/aromatic N) is 4. The van der Waals surface area contributed by atoms with E-state index >= 15 is 0 Å². The number of carbonyl (C=O) groups excluding carboxylic acids is 1. The Labute approximate surface area is 251 Å². The molecule has 0 aliphatic rings. The normalized spacial score (nSPS) is 12.8. The highest BCUT2D eigenvalue weighted by Gasteiger charge is 2.20. The van der Waals surface area contributed by atoms with Crippen LogP contribution in [0.4, 0.5) is 0 Å². The number of aromatic nitrogens is 3. The van der Waals surface area contributed by atoms with Crippen molar-refractivity contribution in [3.63, 3.8) is 0 Å². The molecule has 0 spiro atoms. The third-order valence-corrected chi connectivity index (χ3v) is 7.26. The molecule has 3 atom stereocenters. The van der Waals surface area contributed by atoms with Crippen LogP contribution in [-0.2, 0) is 6.54 Å². The quantitative estimate of drug-likeness (QED) is 0.174. The van der Waals surface area contributed by atoms with E-state index in [1.54, 1.807) is 29.1 Å². The number of fused-ring (bicyclic) bond motifs is 1. The molecule has 3 unspecified atom stereocenters. The molecular formula is C32H39BN5O3P. The van der Waals surface area contributed by atoms with E-state index in [0.717, 1.165) is 42.6 Å². The third kappa shape index (κ3) is 7.84. The molecule has 2 radical (unpaired) electrons. The summed E-state index contributed by atoms with van der Waals surface area (Å²) in [6.45, 7) is 11.2. The number of amides is 1. The summed E-state index contributed by atoms with van der Waals surface area (Å²) in [6.07, 6.45) is 5.36. The molecule has 218 valence electrons. The van der Waals surface area contributed by atoms with Crippen LogP contribution in [0, 0.1) is 6.92 Å². The molecule has 0 bridgehead atoms. The lowest BCUT2D eigenvalue weighted by molar-refractivity contribution is 0.0938. The summed E-state index contributed by atoms with van der Waals surface area (Å²) in [7, 11) is 8.06. The van der Waals surface area contributed by atoms with Gasteiger partial charge in [-0.1, -0.05) is 43.7 Å². The summed E-state index contributed by atoms with van der Waals surface area (Å²) in [5.41, 5.74) is 3.82. The summed E-state index contributed by atoms with van der Waals surface area (Å²) in [4.78, 5) is 38.9. The highest BCUT2D eigenvalue weighted by atomic mass is 31.0. The fourth-order valence-electron chi connectivity index (χ4n) is 4.98. The van der Waals surface area contributed by atoms with Gasteiger partial charge < -0.3 is 15.0 Å². The second-order valence-electron chi connectivity index (χ2n) is 10.6. The topological polar surface area (TPSA) is 89.3 Å². The maximum atomic E-state index is 13.8. The van der Waals surface area contributed by atoms with Crippen molar-refractivity contribution in [2.45, 2.75) is 58.9 Å². The van der Waals surface area contributed by atoms with Gasteiger partial charge in [-0.25, -0.2) is 4.98 Å². The van der Waals surface area contributed by atoms with E-state index < -0.39 is 11.7 Å². The lowest BCUT2D eigenvalue weighted by atomic mass is 10.1.